The van der Waals surface area contributed by atoms with Crippen LogP contribution in [0.4, 0.5) is 0 Å². The molecule has 0 amide bonds. The van der Waals surface area contributed by atoms with Crippen LogP contribution in [0.1, 0.15) is 22.3 Å². The summed E-state index contributed by atoms with van der Waals surface area (Å²) in [7, 11) is 2.09. The van der Waals surface area contributed by atoms with Gasteiger partial charge in [-0.15, -0.1) is 0 Å². The molecular formula is C15H20N2O2. The number of nitrogens with zero attached hydrogens (tertiary/aromatic N) is 1. The number of hydrogen-bond acceptors (Lipinski definition) is 4. The van der Waals surface area contributed by atoms with Gasteiger partial charge < -0.3 is 15.0 Å². The van der Waals surface area contributed by atoms with Gasteiger partial charge in [-0.05, 0) is 30.8 Å². The van der Waals surface area contributed by atoms with Crippen molar-refractivity contribution in [3.63, 3.8) is 0 Å². The van der Waals surface area contributed by atoms with Crippen LogP contribution in [0.2, 0.25) is 0 Å². The fourth-order valence-corrected chi connectivity index (χ4v) is 2.78. The highest BCUT2D eigenvalue weighted by molar-refractivity contribution is 5.96. The molecule has 3 rings (SSSR count). The maximum absolute atomic E-state index is 12.4. The van der Waals surface area contributed by atoms with Crippen LogP contribution < -0.4 is 10.1 Å². The van der Waals surface area contributed by atoms with Crippen molar-refractivity contribution in [2.75, 3.05) is 33.3 Å². The molecule has 1 aromatic rings. The van der Waals surface area contributed by atoms with E-state index >= 15 is 0 Å². The third-order valence-corrected chi connectivity index (χ3v) is 4.08. The lowest BCUT2D eigenvalue weighted by Crippen LogP contribution is -2.49. The summed E-state index contributed by atoms with van der Waals surface area (Å²) >= 11 is 0. The molecule has 1 fully saturated rings. The maximum Gasteiger partial charge on any atom is 0.164 e. The largest absolute Gasteiger partial charge is 0.493 e. The minimum Gasteiger partial charge on any atom is -0.493 e. The van der Waals surface area contributed by atoms with Crippen LogP contribution in [-0.4, -0.2) is 50.0 Å². The fourth-order valence-electron chi connectivity index (χ4n) is 2.78. The van der Waals surface area contributed by atoms with Gasteiger partial charge in [-0.2, -0.15) is 0 Å². The Kier molecular flexibility index (Phi) is 3.53. The van der Waals surface area contributed by atoms with Gasteiger partial charge in [-0.25, -0.2) is 0 Å². The van der Waals surface area contributed by atoms with Crippen LogP contribution in [0.5, 0.6) is 5.75 Å². The van der Waals surface area contributed by atoms with Gasteiger partial charge in [0.15, 0.2) is 5.78 Å². The molecule has 2 heterocycles. The van der Waals surface area contributed by atoms with Gasteiger partial charge in [0.2, 0.25) is 0 Å². The predicted octanol–water partition coefficient (Wildman–Crippen LogP) is 1.10. The standard InChI is InChI=1S/C15H20N2O2/c1-17-6-5-16-10-13(17)9-14(18)11-2-3-15-12(8-11)4-7-19-15/h2-3,8,13,16H,4-7,9-10H2,1H3. The highest BCUT2D eigenvalue weighted by Crippen LogP contribution is 2.26. The second kappa shape index (κ2) is 5.31. The first-order valence-electron chi connectivity index (χ1n) is 6.94. The third-order valence-electron chi connectivity index (χ3n) is 4.08. The molecule has 1 unspecified atom stereocenters. The first-order valence-corrected chi connectivity index (χ1v) is 6.94. The summed E-state index contributed by atoms with van der Waals surface area (Å²) in [6.07, 6.45) is 1.50. The van der Waals surface area contributed by atoms with Crippen molar-refractivity contribution in [2.45, 2.75) is 18.9 Å². The average Bonchev–Trinajstić information content (AvgIpc) is 2.88. The topological polar surface area (TPSA) is 41.6 Å². The van der Waals surface area contributed by atoms with E-state index in [1.54, 1.807) is 0 Å². The average molecular weight is 260 g/mol. The van der Waals surface area contributed by atoms with E-state index in [0.717, 1.165) is 44.0 Å². The molecule has 1 atom stereocenters. The van der Waals surface area contributed by atoms with E-state index in [1.807, 2.05) is 18.2 Å². The molecule has 0 saturated carbocycles. The van der Waals surface area contributed by atoms with Gasteiger partial charge in [-0.1, -0.05) is 0 Å². The monoisotopic (exact) mass is 260 g/mol. The number of likely N-dealkylation sites (N-methyl/N-ethyl adjacent to an activating group) is 1. The van der Waals surface area contributed by atoms with Crippen molar-refractivity contribution in [3.05, 3.63) is 29.3 Å². The quantitative estimate of drug-likeness (QED) is 0.826. The van der Waals surface area contributed by atoms with Crippen molar-refractivity contribution in [1.82, 2.24) is 10.2 Å². The number of carbonyl (C=O) groups excluding carboxylic acids is 1. The number of rotatable bonds is 3. The second-order valence-corrected chi connectivity index (χ2v) is 5.39. The number of hydrogen-bond donors (Lipinski definition) is 1. The maximum atomic E-state index is 12.4. The Balaban J connectivity index is 1.70. The summed E-state index contributed by atoms with van der Waals surface area (Å²) in [5, 5.41) is 3.35. The summed E-state index contributed by atoms with van der Waals surface area (Å²) in [4.78, 5) is 14.6. The molecule has 4 nitrogen and oxygen atoms in total. The highest BCUT2D eigenvalue weighted by Gasteiger charge is 2.23. The molecular weight excluding hydrogens is 240 g/mol. The fraction of sp³-hybridized carbons (Fsp3) is 0.533. The summed E-state index contributed by atoms with van der Waals surface area (Å²) in [6, 6.07) is 6.13. The molecule has 1 aromatic carbocycles. The Labute approximate surface area is 113 Å². The molecule has 2 aliphatic heterocycles. The smallest absolute Gasteiger partial charge is 0.164 e. The minimum atomic E-state index is 0.232. The van der Waals surface area contributed by atoms with Crippen molar-refractivity contribution < 1.29 is 9.53 Å². The lowest BCUT2D eigenvalue weighted by Gasteiger charge is -2.32. The zero-order valence-corrected chi connectivity index (χ0v) is 11.3. The molecule has 2 aliphatic rings. The third kappa shape index (κ3) is 2.65. The van der Waals surface area contributed by atoms with Gasteiger partial charge in [0.1, 0.15) is 5.75 Å². The first-order chi connectivity index (χ1) is 9.24. The zero-order valence-electron chi connectivity index (χ0n) is 11.3. The van der Waals surface area contributed by atoms with Gasteiger partial charge in [-0.3, -0.25) is 4.79 Å². The second-order valence-electron chi connectivity index (χ2n) is 5.39. The Morgan fingerprint density at radius 3 is 3.26 bits per heavy atom. The van der Waals surface area contributed by atoms with E-state index < -0.39 is 0 Å². The lowest BCUT2D eigenvalue weighted by molar-refractivity contribution is 0.0917. The van der Waals surface area contributed by atoms with Crippen LogP contribution in [-0.2, 0) is 6.42 Å². The number of piperazine rings is 1. The van der Waals surface area contributed by atoms with E-state index in [-0.39, 0.29) is 5.78 Å². The normalized spacial score (nSPS) is 22.9. The first kappa shape index (κ1) is 12.6. The van der Waals surface area contributed by atoms with E-state index in [9.17, 15) is 4.79 Å². The number of carbonyl (C=O) groups is 1. The number of benzene rings is 1. The molecule has 19 heavy (non-hydrogen) atoms. The Hall–Kier alpha value is -1.39. The van der Waals surface area contributed by atoms with E-state index in [1.165, 1.54) is 5.56 Å². The molecule has 102 valence electrons. The SMILES string of the molecule is CN1CCNCC1CC(=O)c1ccc2c(c1)CCO2. The van der Waals surface area contributed by atoms with E-state index in [2.05, 4.69) is 17.3 Å². The molecule has 0 spiro atoms. The number of nitrogens with one attached hydrogen (secondary N) is 1. The molecule has 0 aliphatic carbocycles. The Bertz CT molecular complexity index is 487. The summed E-state index contributed by atoms with van der Waals surface area (Å²) in [5.74, 6) is 1.17. The summed E-state index contributed by atoms with van der Waals surface area (Å²) < 4.78 is 5.47. The number of fused-ring (bicyclic) bond motifs is 1. The van der Waals surface area contributed by atoms with Gasteiger partial charge in [0.05, 0.1) is 6.61 Å². The number of ether oxygens (including phenoxy) is 1. The predicted molar refractivity (Wildman–Crippen MR) is 73.9 cm³/mol. The number of Topliss-reactive ketones (excluding diaryl/α,β-unsaturated/α-hetero) is 1. The molecule has 4 heteroatoms. The molecule has 0 radical (unpaired) electrons. The van der Waals surface area contributed by atoms with Crippen LogP contribution >= 0.6 is 0 Å². The zero-order chi connectivity index (χ0) is 13.2. The highest BCUT2D eigenvalue weighted by atomic mass is 16.5. The van der Waals surface area contributed by atoms with Crippen molar-refractivity contribution >= 4 is 5.78 Å². The van der Waals surface area contributed by atoms with Crippen molar-refractivity contribution in [1.29, 1.82) is 0 Å². The summed E-state index contributed by atoms with van der Waals surface area (Å²) in [5.41, 5.74) is 1.99. The van der Waals surface area contributed by atoms with Crippen LogP contribution in [0.3, 0.4) is 0 Å². The van der Waals surface area contributed by atoms with E-state index in [4.69, 9.17) is 4.74 Å². The van der Waals surface area contributed by atoms with Crippen molar-refractivity contribution in [2.24, 2.45) is 0 Å². The van der Waals surface area contributed by atoms with Crippen LogP contribution in [0.15, 0.2) is 18.2 Å². The lowest BCUT2D eigenvalue weighted by atomic mass is 9.99. The van der Waals surface area contributed by atoms with Crippen LogP contribution in [0, 0.1) is 0 Å². The van der Waals surface area contributed by atoms with Gasteiger partial charge in [0, 0.05) is 44.1 Å². The number of ketones is 1. The van der Waals surface area contributed by atoms with Crippen LogP contribution in [0.25, 0.3) is 0 Å². The minimum absolute atomic E-state index is 0.232. The Morgan fingerprint density at radius 2 is 2.42 bits per heavy atom. The van der Waals surface area contributed by atoms with Crippen molar-refractivity contribution in [3.8, 4) is 5.75 Å². The summed E-state index contributed by atoms with van der Waals surface area (Å²) in [6.45, 7) is 3.66. The molecule has 0 bridgehead atoms. The molecule has 1 saturated heterocycles. The van der Waals surface area contributed by atoms with Gasteiger partial charge >= 0.3 is 0 Å². The molecule has 0 aromatic heterocycles. The molecule has 1 N–H and O–H groups in total. The van der Waals surface area contributed by atoms with E-state index in [0.29, 0.717) is 12.5 Å². The van der Waals surface area contributed by atoms with Gasteiger partial charge in [0.25, 0.3) is 0 Å². The Morgan fingerprint density at radius 1 is 1.53 bits per heavy atom.